The van der Waals surface area contributed by atoms with Crippen LogP contribution >= 0.6 is 0 Å². The van der Waals surface area contributed by atoms with Gasteiger partial charge >= 0.3 is 0 Å². The second-order valence-electron chi connectivity index (χ2n) is 10.9. The number of rotatable bonds is 3. The fraction of sp³-hybridized carbons (Fsp3) is 0.500. The largest absolute Gasteiger partial charge is 0.0808 e. The summed E-state index contributed by atoms with van der Waals surface area (Å²) < 4.78 is 0. The van der Waals surface area contributed by atoms with Crippen molar-refractivity contribution in [3.05, 3.63) is 78.4 Å². The Hall–Kier alpha value is -1.60. The number of benzene rings is 1. The van der Waals surface area contributed by atoms with Crippen molar-refractivity contribution in [3.8, 4) is 0 Å². The molecule has 0 radical (unpaired) electrons. The van der Waals surface area contributed by atoms with Crippen molar-refractivity contribution < 1.29 is 0 Å². The lowest BCUT2D eigenvalue weighted by Crippen LogP contribution is -2.45. The van der Waals surface area contributed by atoms with E-state index in [1.165, 1.54) is 18.4 Å². The molecule has 0 aromatic heterocycles. The van der Waals surface area contributed by atoms with Crippen molar-refractivity contribution in [3.63, 3.8) is 0 Å². The van der Waals surface area contributed by atoms with Crippen LogP contribution < -0.4 is 0 Å². The molecule has 1 aromatic rings. The van der Waals surface area contributed by atoms with Crippen LogP contribution in [0.25, 0.3) is 5.57 Å². The zero-order valence-corrected chi connectivity index (χ0v) is 19.5. The van der Waals surface area contributed by atoms with Gasteiger partial charge in [0.05, 0.1) is 8.07 Å². The number of hydrogen-bond donors (Lipinski definition) is 0. The van der Waals surface area contributed by atoms with Gasteiger partial charge in [-0.15, -0.1) is 0 Å². The molecule has 0 saturated heterocycles. The normalized spacial score (nSPS) is 40.6. The number of fused-ring (bicyclic) bond motifs is 2. The average molecular weight is 401 g/mol. The van der Waals surface area contributed by atoms with E-state index in [-0.39, 0.29) is 0 Å². The Morgan fingerprint density at radius 3 is 2.21 bits per heavy atom. The highest BCUT2D eigenvalue weighted by Crippen LogP contribution is 2.63. The SMILES string of the molecule is C[C@@H]1CC2C=CC=CC2C1[Si](C)(C)C1C2C=CC=C(c3ccccc3)C2C[C@@H]1C. The van der Waals surface area contributed by atoms with E-state index in [0.29, 0.717) is 5.92 Å². The van der Waals surface area contributed by atoms with E-state index in [1.807, 2.05) is 0 Å². The van der Waals surface area contributed by atoms with Crippen LogP contribution in [0.1, 0.15) is 32.3 Å². The standard InChI is InChI=1S/C28H36Si/c1-19-17-22-13-8-9-14-24(22)27(19)29(3,4)28-20(2)18-26-23(15-10-16-25(26)28)21-11-6-5-7-12-21/h5-16,19-20,22,24-28H,17-18H2,1-4H3/t19-,20+,22?,24?,25?,26?,27?,28?/m1/s1. The molecule has 5 rings (SSSR count). The molecule has 0 N–H and O–H groups in total. The first-order valence-corrected chi connectivity index (χ1v) is 14.9. The molecule has 1 aromatic carbocycles. The molecule has 2 saturated carbocycles. The predicted molar refractivity (Wildman–Crippen MR) is 128 cm³/mol. The van der Waals surface area contributed by atoms with Crippen molar-refractivity contribution in [1.29, 1.82) is 0 Å². The Kier molecular flexibility index (Phi) is 4.85. The van der Waals surface area contributed by atoms with Gasteiger partial charge in [-0.25, -0.2) is 0 Å². The summed E-state index contributed by atoms with van der Waals surface area (Å²) in [5.74, 6) is 4.73. The molecule has 2 fully saturated rings. The van der Waals surface area contributed by atoms with Gasteiger partial charge in [-0.3, -0.25) is 0 Å². The minimum Gasteiger partial charge on any atom is -0.0808 e. The second kappa shape index (κ2) is 7.27. The molecular formula is C28H36Si. The van der Waals surface area contributed by atoms with E-state index in [1.54, 1.807) is 5.57 Å². The van der Waals surface area contributed by atoms with Gasteiger partial charge in [0.15, 0.2) is 0 Å². The monoisotopic (exact) mass is 400 g/mol. The molecule has 8 atom stereocenters. The maximum absolute atomic E-state index is 2.75. The Balaban J connectivity index is 1.47. The first-order chi connectivity index (χ1) is 14.0. The first kappa shape index (κ1) is 19.4. The van der Waals surface area contributed by atoms with Crippen molar-refractivity contribution in [2.24, 2.45) is 35.5 Å². The van der Waals surface area contributed by atoms with Crippen molar-refractivity contribution in [2.75, 3.05) is 0 Å². The van der Waals surface area contributed by atoms with Gasteiger partial charge in [-0.1, -0.05) is 99.8 Å². The Labute approximate surface area is 178 Å². The van der Waals surface area contributed by atoms with Crippen LogP contribution in [0.4, 0.5) is 0 Å². The van der Waals surface area contributed by atoms with Crippen LogP contribution in [0.2, 0.25) is 24.2 Å². The zero-order chi connectivity index (χ0) is 20.2. The highest BCUT2D eigenvalue weighted by atomic mass is 28.3. The summed E-state index contributed by atoms with van der Waals surface area (Å²) in [4.78, 5) is 0. The van der Waals surface area contributed by atoms with Crippen molar-refractivity contribution in [2.45, 2.75) is 50.9 Å². The summed E-state index contributed by atoms with van der Waals surface area (Å²) in [5.41, 5.74) is 4.84. The second-order valence-corrected chi connectivity index (χ2v) is 15.8. The third kappa shape index (κ3) is 3.08. The molecule has 4 aliphatic rings. The highest BCUT2D eigenvalue weighted by molar-refractivity contribution is 6.80. The van der Waals surface area contributed by atoms with E-state index in [9.17, 15) is 0 Å². The molecule has 0 heterocycles. The summed E-state index contributed by atoms with van der Waals surface area (Å²) in [6, 6.07) is 11.2. The van der Waals surface area contributed by atoms with Crippen LogP contribution in [0, 0.1) is 35.5 Å². The number of allylic oxidation sites excluding steroid dienone is 8. The lowest BCUT2D eigenvalue weighted by molar-refractivity contribution is 0.493. The fourth-order valence-corrected chi connectivity index (χ4v) is 14.5. The molecule has 0 amide bonds. The minimum atomic E-state index is -1.47. The van der Waals surface area contributed by atoms with Crippen LogP contribution in [-0.2, 0) is 0 Å². The van der Waals surface area contributed by atoms with Crippen LogP contribution in [-0.4, -0.2) is 8.07 Å². The van der Waals surface area contributed by atoms with E-state index in [4.69, 9.17) is 0 Å². The van der Waals surface area contributed by atoms with Gasteiger partial charge in [-0.05, 0) is 70.6 Å². The molecule has 0 aliphatic heterocycles. The quantitative estimate of drug-likeness (QED) is 0.455. The lowest BCUT2D eigenvalue weighted by atomic mass is 9.81. The van der Waals surface area contributed by atoms with Gasteiger partial charge in [0.25, 0.3) is 0 Å². The van der Waals surface area contributed by atoms with Crippen LogP contribution in [0.3, 0.4) is 0 Å². The van der Waals surface area contributed by atoms with Crippen molar-refractivity contribution in [1.82, 2.24) is 0 Å². The third-order valence-corrected chi connectivity index (χ3v) is 14.3. The Bertz CT molecular complexity index is 871. The first-order valence-electron chi connectivity index (χ1n) is 11.8. The van der Waals surface area contributed by atoms with Gasteiger partial charge < -0.3 is 0 Å². The van der Waals surface area contributed by atoms with Gasteiger partial charge in [0, 0.05) is 0 Å². The van der Waals surface area contributed by atoms with E-state index in [0.717, 1.165) is 40.7 Å². The Morgan fingerprint density at radius 1 is 0.759 bits per heavy atom. The topological polar surface area (TPSA) is 0 Å². The molecule has 4 aliphatic carbocycles. The molecule has 6 unspecified atom stereocenters. The van der Waals surface area contributed by atoms with Crippen LogP contribution in [0.5, 0.6) is 0 Å². The maximum atomic E-state index is 2.75. The van der Waals surface area contributed by atoms with E-state index >= 15 is 0 Å². The maximum Gasteiger partial charge on any atom is 0.0553 e. The average Bonchev–Trinajstić information content (AvgIpc) is 3.24. The van der Waals surface area contributed by atoms with Crippen molar-refractivity contribution >= 4 is 13.6 Å². The summed E-state index contributed by atoms with van der Waals surface area (Å²) in [6.45, 7) is 10.6. The summed E-state index contributed by atoms with van der Waals surface area (Å²) in [6.07, 6.45) is 19.8. The molecule has 0 bridgehead atoms. The minimum absolute atomic E-state index is 0.712. The van der Waals surface area contributed by atoms with Gasteiger partial charge in [0.1, 0.15) is 0 Å². The zero-order valence-electron chi connectivity index (χ0n) is 18.5. The predicted octanol–water partition coefficient (Wildman–Crippen LogP) is 7.76. The molecule has 0 spiro atoms. The lowest BCUT2D eigenvalue weighted by Gasteiger charge is -2.45. The van der Waals surface area contributed by atoms with E-state index < -0.39 is 8.07 Å². The third-order valence-electron chi connectivity index (χ3n) is 8.92. The van der Waals surface area contributed by atoms with Crippen LogP contribution in [0.15, 0.2) is 72.9 Å². The molecular weight excluding hydrogens is 364 g/mol. The van der Waals surface area contributed by atoms with Gasteiger partial charge in [0.2, 0.25) is 0 Å². The molecule has 1 heteroatoms. The summed E-state index contributed by atoms with van der Waals surface area (Å²) >= 11 is 0. The van der Waals surface area contributed by atoms with Gasteiger partial charge in [-0.2, -0.15) is 0 Å². The fourth-order valence-electron chi connectivity index (χ4n) is 8.20. The Morgan fingerprint density at radius 2 is 1.41 bits per heavy atom. The summed E-state index contributed by atoms with van der Waals surface area (Å²) in [7, 11) is -1.47. The highest BCUT2D eigenvalue weighted by Gasteiger charge is 2.56. The summed E-state index contributed by atoms with van der Waals surface area (Å²) in [5, 5.41) is 0. The van der Waals surface area contributed by atoms with E-state index in [2.05, 4.69) is 99.8 Å². The molecule has 152 valence electrons. The molecule has 0 nitrogen and oxygen atoms in total. The number of hydrogen-bond acceptors (Lipinski definition) is 0. The molecule has 29 heavy (non-hydrogen) atoms. The smallest absolute Gasteiger partial charge is 0.0553 e.